The number of ether oxygens (including phenoxy) is 3. The van der Waals surface area contributed by atoms with Crippen LogP contribution in [0.1, 0.15) is 42.7 Å². The van der Waals surface area contributed by atoms with Crippen LogP contribution in [0, 0.1) is 0 Å². The van der Waals surface area contributed by atoms with Crippen LogP contribution < -0.4 is 25.5 Å². The number of thioether (sulfide) groups is 1. The number of fused-ring (bicyclic) bond motifs is 2. The van der Waals surface area contributed by atoms with Crippen LogP contribution in [-0.2, 0) is 33.5 Å². The summed E-state index contributed by atoms with van der Waals surface area (Å²) in [6.45, 7) is 3.06. The molecule has 254 valence electrons. The van der Waals surface area contributed by atoms with Crippen LogP contribution in [0.25, 0.3) is 11.0 Å². The Morgan fingerprint density at radius 1 is 1.00 bits per heavy atom. The van der Waals surface area contributed by atoms with Crippen molar-refractivity contribution in [2.24, 2.45) is 0 Å². The zero-order valence-electron chi connectivity index (χ0n) is 26.0. The molecule has 0 aliphatic carbocycles. The van der Waals surface area contributed by atoms with Crippen molar-refractivity contribution in [3.05, 3.63) is 81.3 Å². The highest BCUT2D eigenvalue weighted by molar-refractivity contribution is 8.00. The number of aliphatic carboxylic acids is 1. The number of amides is 3. The van der Waals surface area contributed by atoms with E-state index in [1.807, 2.05) is 0 Å². The van der Waals surface area contributed by atoms with Crippen LogP contribution in [0.15, 0.2) is 69.2 Å². The monoisotopic (exact) mass is 693 g/mol. The number of carbonyl (C=O) groups is 7. The maximum Gasteiger partial charge on any atom is 0.352 e. The number of carboxylic acid groups (broad SMARTS) is 1. The Morgan fingerprint density at radius 3 is 2.33 bits per heavy atom. The van der Waals surface area contributed by atoms with E-state index < -0.39 is 70.0 Å². The van der Waals surface area contributed by atoms with Gasteiger partial charge in [-0.2, -0.15) is 0 Å². The predicted octanol–water partition coefficient (Wildman–Crippen LogP) is 1.42. The van der Waals surface area contributed by atoms with Crippen LogP contribution in [0.5, 0.6) is 11.5 Å². The number of carboxylic acids is 1. The van der Waals surface area contributed by atoms with E-state index in [9.17, 15) is 43.5 Å². The number of hydrogen-bond donors (Lipinski definition) is 3. The Bertz CT molecular complexity index is 2010. The summed E-state index contributed by atoms with van der Waals surface area (Å²) in [6.07, 6.45) is 0.817. The fourth-order valence-electron chi connectivity index (χ4n) is 5.17. The second-order valence-corrected chi connectivity index (χ2v) is 11.8. The van der Waals surface area contributed by atoms with Gasteiger partial charge in [0.25, 0.3) is 11.8 Å². The number of nitrogens with one attached hydrogen (secondary N) is 2. The first-order chi connectivity index (χ1) is 23.3. The highest BCUT2D eigenvalue weighted by Crippen LogP contribution is 2.40. The van der Waals surface area contributed by atoms with E-state index in [2.05, 4.69) is 10.6 Å². The summed E-state index contributed by atoms with van der Waals surface area (Å²) in [4.78, 5) is 101. The normalized spacial score (nSPS) is 17.3. The first kappa shape index (κ1) is 34.4. The van der Waals surface area contributed by atoms with Crippen LogP contribution in [0.3, 0.4) is 0 Å². The smallest absolute Gasteiger partial charge is 0.352 e. The van der Waals surface area contributed by atoms with Gasteiger partial charge in [-0.05, 0) is 11.6 Å². The van der Waals surface area contributed by atoms with Crippen molar-refractivity contribution in [2.75, 3.05) is 12.4 Å². The van der Waals surface area contributed by atoms with Gasteiger partial charge < -0.3 is 34.4 Å². The number of β-lactam (4-membered cyclic amide) rings is 1. The van der Waals surface area contributed by atoms with Gasteiger partial charge in [-0.15, -0.1) is 11.8 Å². The number of rotatable bonds is 10. The molecule has 17 heteroatoms. The molecule has 0 spiro atoms. The molecule has 3 N–H and O–H groups in total. The molecule has 2 aliphatic rings. The molecule has 0 radical (unpaired) electrons. The quantitative estimate of drug-likeness (QED) is 0.155. The topological polar surface area (TPSA) is 225 Å². The second kappa shape index (κ2) is 14.0. The highest BCUT2D eigenvalue weighted by atomic mass is 32.2. The van der Waals surface area contributed by atoms with Crippen LogP contribution >= 0.6 is 11.8 Å². The van der Waals surface area contributed by atoms with Gasteiger partial charge >= 0.3 is 23.9 Å². The highest BCUT2D eigenvalue weighted by Gasteiger charge is 2.54. The minimum Gasteiger partial charge on any atom is -0.477 e. The summed E-state index contributed by atoms with van der Waals surface area (Å²) >= 11 is 1.15. The molecule has 3 heterocycles. The van der Waals surface area contributed by atoms with Crippen molar-refractivity contribution in [1.29, 1.82) is 0 Å². The molecule has 5 rings (SSSR count). The molecule has 2 aliphatic heterocycles. The van der Waals surface area contributed by atoms with Crippen LogP contribution in [0.4, 0.5) is 0 Å². The molecule has 1 aromatic heterocycles. The average Bonchev–Trinajstić information content (AvgIpc) is 3.04. The van der Waals surface area contributed by atoms with Gasteiger partial charge in [0, 0.05) is 38.2 Å². The zero-order valence-corrected chi connectivity index (χ0v) is 26.8. The lowest BCUT2D eigenvalue weighted by Gasteiger charge is -2.49. The summed E-state index contributed by atoms with van der Waals surface area (Å²) < 4.78 is 20.6. The summed E-state index contributed by atoms with van der Waals surface area (Å²) in [5, 5.41) is 13.8. The van der Waals surface area contributed by atoms with Crippen molar-refractivity contribution in [1.82, 2.24) is 15.5 Å². The van der Waals surface area contributed by atoms with E-state index >= 15 is 0 Å². The maximum atomic E-state index is 13.7. The number of nitrogens with zero attached hydrogens (tertiary/aromatic N) is 1. The molecule has 1 unspecified atom stereocenters. The van der Waals surface area contributed by atoms with E-state index in [1.165, 1.54) is 12.1 Å². The number of benzene rings is 2. The van der Waals surface area contributed by atoms with Crippen molar-refractivity contribution in [3.63, 3.8) is 0 Å². The molecular formula is C32H27N3O13S. The maximum absolute atomic E-state index is 13.7. The minimum atomic E-state index is -1.45. The van der Waals surface area contributed by atoms with Crippen molar-refractivity contribution in [2.45, 2.75) is 38.2 Å². The van der Waals surface area contributed by atoms with Crippen molar-refractivity contribution < 1.29 is 57.3 Å². The standard InChI is InChI=1S/C32H27N3O13S/c1-14(36)45-11-18-13-49-31-24(30(42)35(31)25(18)32(43)44)34-29(41)23(17-7-5-4-6-8-17)33-28(40)21-12-46-27-20(26(21)39)9-19(47-15(2)37)10-22(27)48-16(3)38/h4-10,12,23-24,31H,11,13H2,1-3H3,(H,33,40)(H,34,41)(H,43,44)/t23?,24-,31+/m1/s1. The van der Waals surface area contributed by atoms with Gasteiger partial charge in [0.1, 0.15) is 47.3 Å². The molecule has 49 heavy (non-hydrogen) atoms. The van der Waals surface area contributed by atoms with E-state index in [-0.39, 0.29) is 51.7 Å². The lowest BCUT2D eigenvalue weighted by Crippen LogP contribution is -2.71. The third-order valence-corrected chi connectivity index (χ3v) is 8.58. The number of hydrogen-bond acceptors (Lipinski definition) is 13. The first-order valence-corrected chi connectivity index (χ1v) is 15.5. The van der Waals surface area contributed by atoms with Crippen molar-refractivity contribution >= 4 is 64.3 Å². The van der Waals surface area contributed by atoms with Crippen LogP contribution in [0.2, 0.25) is 0 Å². The van der Waals surface area contributed by atoms with Gasteiger partial charge in [0.2, 0.25) is 11.3 Å². The van der Waals surface area contributed by atoms with Gasteiger partial charge in [0.05, 0.1) is 5.39 Å². The van der Waals surface area contributed by atoms with E-state index in [0.29, 0.717) is 0 Å². The van der Waals surface area contributed by atoms with Gasteiger partial charge in [-0.25, -0.2) is 4.79 Å². The second-order valence-electron chi connectivity index (χ2n) is 10.7. The summed E-state index contributed by atoms with van der Waals surface area (Å²) in [5.41, 5.74) is -1.53. The summed E-state index contributed by atoms with van der Waals surface area (Å²) in [7, 11) is 0. The van der Waals surface area contributed by atoms with Crippen LogP contribution in [-0.4, -0.2) is 75.4 Å². The first-order valence-electron chi connectivity index (χ1n) is 14.4. The molecule has 0 bridgehead atoms. The van der Waals surface area contributed by atoms with Gasteiger partial charge in [0.15, 0.2) is 11.3 Å². The number of esters is 3. The number of carbonyl (C=O) groups excluding carboxylic acids is 6. The fraction of sp³-hybridized carbons (Fsp3) is 0.250. The van der Waals surface area contributed by atoms with E-state index in [0.717, 1.165) is 55.8 Å². The molecular weight excluding hydrogens is 666 g/mol. The Labute approximate surface area is 280 Å². The summed E-state index contributed by atoms with van der Waals surface area (Å²) in [6, 6.07) is 7.59. The van der Waals surface area contributed by atoms with Gasteiger partial charge in [-0.1, -0.05) is 30.3 Å². The van der Waals surface area contributed by atoms with E-state index in [4.69, 9.17) is 18.6 Å². The summed E-state index contributed by atoms with van der Waals surface area (Å²) in [5.74, 6) is -6.47. The fourth-order valence-corrected chi connectivity index (χ4v) is 6.50. The largest absolute Gasteiger partial charge is 0.477 e. The Kier molecular flexibility index (Phi) is 9.84. The molecule has 16 nitrogen and oxygen atoms in total. The van der Waals surface area contributed by atoms with Crippen molar-refractivity contribution in [3.8, 4) is 11.5 Å². The third-order valence-electron chi connectivity index (χ3n) is 7.24. The molecule has 1 fully saturated rings. The third kappa shape index (κ3) is 7.15. The molecule has 3 aromatic rings. The Morgan fingerprint density at radius 2 is 1.69 bits per heavy atom. The molecule has 0 saturated carbocycles. The Balaban J connectivity index is 1.42. The van der Waals surface area contributed by atoms with Gasteiger partial charge in [-0.3, -0.25) is 38.5 Å². The lowest BCUT2D eigenvalue weighted by molar-refractivity contribution is -0.151. The SMILES string of the molecule is CC(=O)OCC1=C(C(=O)O)N2C(=O)[C@@H](NC(=O)C(NC(=O)c3coc4c(OC(C)=O)cc(OC(C)=O)cc4c3=O)c3ccccc3)[C@@H]2SC1. The molecule has 3 amide bonds. The molecule has 3 atom stereocenters. The minimum absolute atomic E-state index is 0.102. The predicted molar refractivity (Wildman–Crippen MR) is 168 cm³/mol. The van der Waals surface area contributed by atoms with E-state index in [1.54, 1.807) is 18.2 Å². The Hall–Kier alpha value is -5.97. The zero-order chi connectivity index (χ0) is 35.6. The lowest BCUT2D eigenvalue weighted by atomic mass is 10.0. The molecule has 2 aromatic carbocycles. The average molecular weight is 694 g/mol. The molecule has 1 saturated heterocycles.